The molecule has 2 fully saturated rings. The van der Waals surface area contributed by atoms with Crippen LogP contribution in [0.5, 0.6) is 0 Å². The third-order valence-electron chi connectivity index (χ3n) is 5.37. The second-order valence-corrected chi connectivity index (χ2v) is 9.79. The number of thioether (sulfide) groups is 1. The number of hydrogen-bond donors (Lipinski definition) is 4. The first-order valence-electron chi connectivity index (χ1n) is 10.1. The first kappa shape index (κ1) is 24.5. The molecule has 4 rings (SSSR count). The fraction of sp³-hybridized carbons (Fsp3) is 0.421. The molecule has 2 amide bonds. The van der Waals surface area contributed by atoms with Crippen molar-refractivity contribution in [1.82, 2.24) is 15.2 Å². The number of hydrogen-bond acceptors (Lipinski definition) is 12. The Labute approximate surface area is 205 Å². The lowest BCUT2D eigenvalue weighted by Crippen LogP contribution is -2.71. The molecule has 0 unspecified atom stereocenters. The van der Waals surface area contributed by atoms with E-state index in [1.54, 1.807) is 0 Å². The van der Waals surface area contributed by atoms with Crippen molar-refractivity contribution in [3.63, 3.8) is 0 Å². The van der Waals surface area contributed by atoms with Crippen LogP contribution < -0.4 is 11.1 Å². The summed E-state index contributed by atoms with van der Waals surface area (Å²) in [5.41, 5.74) is 3.73. The van der Waals surface area contributed by atoms with E-state index in [0.717, 1.165) is 16.2 Å². The van der Waals surface area contributed by atoms with Gasteiger partial charge in [0.15, 0.2) is 10.8 Å². The number of ether oxygens (including phenoxy) is 1. The molecule has 1 aliphatic carbocycles. The van der Waals surface area contributed by atoms with E-state index in [1.165, 1.54) is 24.1 Å². The van der Waals surface area contributed by atoms with Crippen LogP contribution in [0.3, 0.4) is 0 Å². The van der Waals surface area contributed by atoms with Crippen LogP contribution in [0.15, 0.2) is 21.8 Å². The highest BCUT2D eigenvalue weighted by Gasteiger charge is 2.56. The number of carboxylic acid groups (broad SMARTS) is 2. The molecule has 186 valence electrons. The average Bonchev–Trinajstić information content (AvgIpc) is 3.48. The van der Waals surface area contributed by atoms with E-state index in [4.69, 9.17) is 15.3 Å². The molecule has 1 saturated heterocycles. The topological polar surface area (TPSA) is 211 Å². The van der Waals surface area contributed by atoms with Crippen LogP contribution in [0.4, 0.5) is 5.13 Å². The lowest BCUT2D eigenvalue weighted by Gasteiger charge is -2.49. The Bertz CT molecular complexity index is 1190. The molecule has 0 spiro atoms. The molecule has 0 bridgehead atoms. The lowest BCUT2D eigenvalue weighted by atomic mass is 10.0. The predicted molar refractivity (Wildman–Crippen MR) is 120 cm³/mol. The average molecular weight is 526 g/mol. The summed E-state index contributed by atoms with van der Waals surface area (Å²) in [6.07, 6.45) is 0.434. The summed E-state index contributed by atoms with van der Waals surface area (Å²) in [4.78, 5) is 70.3. The van der Waals surface area contributed by atoms with Gasteiger partial charge in [-0.25, -0.2) is 14.6 Å². The van der Waals surface area contributed by atoms with Crippen molar-refractivity contribution in [3.8, 4) is 0 Å². The SMILES string of the molecule is CC(=O)OCC1=C(C(=O)O)N2C(=O)[C@@H](NC(=O)C(=NOC3(C(=O)O)CC3)c3csc(N)n3)[C@H]2SC1. The number of carboxylic acids is 2. The molecule has 16 heteroatoms. The summed E-state index contributed by atoms with van der Waals surface area (Å²) < 4.78 is 4.89. The van der Waals surface area contributed by atoms with E-state index in [0.29, 0.717) is 0 Å². The molecule has 14 nitrogen and oxygen atoms in total. The van der Waals surface area contributed by atoms with Gasteiger partial charge in [0.1, 0.15) is 29.4 Å². The molecule has 0 aromatic carbocycles. The molecule has 35 heavy (non-hydrogen) atoms. The van der Waals surface area contributed by atoms with Crippen LogP contribution in [0, 0.1) is 0 Å². The molecule has 1 aromatic heterocycles. The number of nitrogen functional groups attached to an aromatic ring is 1. The number of nitrogens with two attached hydrogens (primary N) is 1. The van der Waals surface area contributed by atoms with Crippen LogP contribution in [-0.2, 0) is 33.5 Å². The fourth-order valence-corrected chi connectivity index (χ4v) is 5.26. The van der Waals surface area contributed by atoms with Crippen LogP contribution in [0.2, 0.25) is 0 Å². The number of esters is 1. The molecule has 1 saturated carbocycles. The Balaban J connectivity index is 1.53. The standard InChI is InChI=1S/C19H19N5O9S2/c1-7(25)32-4-8-5-34-15-11(14(27)24(15)12(8)16(28)29)22-13(26)10(9-6-35-18(20)21-9)23-33-19(2-3-19)17(30)31/h6,11,15H,2-5H2,1H3,(H2,20,21)(H,22,26)(H,28,29)(H,30,31)/t11-,15-/m1/s1. The molecule has 0 radical (unpaired) electrons. The third-order valence-corrected chi connectivity index (χ3v) is 7.38. The summed E-state index contributed by atoms with van der Waals surface area (Å²) in [5.74, 6) is -4.59. The predicted octanol–water partition coefficient (Wildman–Crippen LogP) is -0.635. The van der Waals surface area contributed by atoms with Crippen molar-refractivity contribution in [3.05, 3.63) is 22.3 Å². The van der Waals surface area contributed by atoms with Crippen molar-refractivity contribution < 1.29 is 43.8 Å². The zero-order chi connectivity index (χ0) is 25.5. The van der Waals surface area contributed by atoms with E-state index in [-0.39, 0.29) is 53.0 Å². The van der Waals surface area contributed by atoms with E-state index in [2.05, 4.69) is 15.5 Å². The first-order valence-corrected chi connectivity index (χ1v) is 12.0. The number of nitrogens with zero attached hydrogens (tertiary/aromatic N) is 3. The summed E-state index contributed by atoms with van der Waals surface area (Å²) in [7, 11) is 0. The maximum Gasteiger partial charge on any atom is 0.352 e. The van der Waals surface area contributed by atoms with Gasteiger partial charge in [0.05, 0.1) is 0 Å². The minimum Gasteiger partial charge on any atom is -0.478 e. The van der Waals surface area contributed by atoms with Crippen LogP contribution in [0.1, 0.15) is 25.5 Å². The summed E-state index contributed by atoms with van der Waals surface area (Å²) >= 11 is 2.21. The number of aromatic nitrogens is 1. The number of oxime groups is 1. The van der Waals surface area contributed by atoms with Crippen molar-refractivity contribution in [1.29, 1.82) is 0 Å². The summed E-state index contributed by atoms with van der Waals surface area (Å²) in [5, 5.41) is 26.0. The monoisotopic (exact) mass is 525 g/mol. The van der Waals surface area contributed by atoms with Gasteiger partial charge < -0.3 is 30.8 Å². The first-order chi connectivity index (χ1) is 16.5. The Hall–Kier alpha value is -3.66. The Kier molecular flexibility index (Phi) is 6.42. The van der Waals surface area contributed by atoms with Crippen LogP contribution >= 0.6 is 23.1 Å². The smallest absolute Gasteiger partial charge is 0.352 e. The minimum atomic E-state index is -1.52. The van der Waals surface area contributed by atoms with Gasteiger partial charge in [-0.1, -0.05) is 5.16 Å². The molecule has 5 N–H and O–H groups in total. The number of β-lactam (4-membered cyclic amide) rings is 1. The highest BCUT2D eigenvalue weighted by molar-refractivity contribution is 8.00. The Morgan fingerprint density at radius 3 is 2.60 bits per heavy atom. The van der Waals surface area contributed by atoms with Gasteiger partial charge in [0, 0.05) is 36.5 Å². The quantitative estimate of drug-likeness (QED) is 0.137. The van der Waals surface area contributed by atoms with Gasteiger partial charge in [0.25, 0.3) is 11.8 Å². The molecular formula is C19H19N5O9S2. The zero-order valence-corrected chi connectivity index (χ0v) is 19.7. The van der Waals surface area contributed by atoms with Crippen LogP contribution in [0.25, 0.3) is 0 Å². The second kappa shape index (κ2) is 9.18. The van der Waals surface area contributed by atoms with Gasteiger partial charge in [-0.15, -0.1) is 23.1 Å². The lowest BCUT2D eigenvalue weighted by molar-refractivity contribution is -0.153. The largest absolute Gasteiger partial charge is 0.478 e. The number of amides is 2. The highest BCUT2D eigenvalue weighted by atomic mass is 32.2. The van der Waals surface area contributed by atoms with Crippen molar-refractivity contribution in [2.24, 2.45) is 5.16 Å². The van der Waals surface area contributed by atoms with Crippen LogP contribution in [-0.4, -0.2) is 84.9 Å². The Morgan fingerprint density at radius 1 is 1.34 bits per heavy atom. The van der Waals surface area contributed by atoms with E-state index >= 15 is 0 Å². The molecule has 2 atom stereocenters. The number of aliphatic carboxylic acids is 2. The maximum absolute atomic E-state index is 13.0. The van der Waals surface area contributed by atoms with Gasteiger partial charge >= 0.3 is 17.9 Å². The molecule has 3 heterocycles. The molecule has 3 aliphatic rings. The number of carbonyl (C=O) groups is 5. The second-order valence-electron chi connectivity index (χ2n) is 7.80. The molecular weight excluding hydrogens is 506 g/mol. The summed E-state index contributed by atoms with van der Waals surface area (Å²) in [6, 6.07) is -1.09. The van der Waals surface area contributed by atoms with Crippen molar-refractivity contribution in [2.45, 2.75) is 36.8 Å². The van der Waals surface area contributed by atoms with Gasteiger partial charge in [-0.2, -0.15) is 0 Å². The normalized spacial score (nSPS) is 22.6. The van der Waals surface area contributed by atoms with E-state index in [1.807, 2.05) is 0 Å². The van der Waals surface area contributed by atoms with E-state index < -0.39 is 46.7 Å². The number of rotatable bonds is 9. The number of fused-ring (bicyclic) bond motifs is 1. The highest BCUT2D eigenvalue weighted by Crippen LogP contribution is 2.41. The zero-order valence-electron chi connectivity index (χ0n) is 18.0. The number of nitrogens with one attached hydrogen (secondary N) is 1. The fourth-order valence-electron chi connectivity index (χ4n) is 3.38. The minimum absolute atomic E-state index is 0.0286. The van der Waals surface area contributed by atoms with E-state index in [9.17, 15) is 34.2 Å². The van der Waals surface area contributed by atoms with Gasteiger partial charge in [-0.3, -0.25) is 19.3 Å². The molecule has 2 aliphatic heterocycles. The van der Waals surface area contributed by atoms with Gasteiger partial charge in [0.2, 0.25) is 5.60 Å². The maximum atomic E-state index is 13.0. The molecule has 1 aromatic rings. The summed E-state index contributed by atoms with van der Waals surface area (Å²) in [6.45, 7) is 0.905. The Morgan fingerprint density at radius 2 is 2.06 bits per heavy atom. The number of anilines is 1. The van der Waals surface area contributed by atoms with Gasteiger partial charge in [-0.05, 0) is 0 Å². The van der Waals surface area contributed by atoms with Crippen molar-refractivity contribution >= 4 is 63.7 Å². The van der Waals surface area contributed by atoms with Crippen molar-refractivity contribution in [2.75, 3.05) is 18.1 Å². The number of carbonyl (C=O) groups excluding carboxylic acids is 3. The number of thiazole rings is 1. The third kappa shape index (κ3) is 4.66.